The molecule has 0 saturated carbocycles. The third-order valence-electron chi connectivity index (χ3n) is 2.39. The van der Waals surface area contributed by atoms with Gasteiger partial charge in [-0.3, -0.25) is 0 Å². The highest BCUT2D eigenvalue weighted by molar-refractivity contribution is 5.80. The molecule has 1 heterocycles. The van der Waals surface area contributed by atoms with Crippen LogP contribution in [0.5, 0.6) is 0 Å². The molecule has 2 aromatic rings. The van der Waals surface area contributed by atoms with Crippen LogP contribution in [0.2, 0.25) is 0 Å². The molecule has 0 radical (unpaired) electrons. The summed E-state index contributed by atoms with van der Waals surface area (Å²) < 4.78 is 5.70. The summed E-state index contributed by atoms with van der Waals surface area (Å²) in [7, 11) is 0. The van der Waals surface area contributed by atoms with E-state index in [9.17, 15) is 0 Å². The summed E-state index contributed by atoms with van der Waals surface area (Å²) in [6.45, 7) is 7.78. The Kier molecular flexibility index (Phi) is 2.46. The van der Waals surface area contributed by atoms with Crippen molar-refractivity contribution < 1.29 is 4.42 Å². The number of hydrogen-bond acceptors (Lipinski definition) is 1. The van der Waals surface area contributed by atoms with E-state index in [1.807, 2.05) is 25.1 Å². The van der Waals surface area contributed by atoms with Crippen LogP contribution in [0.15, 0.2) is 46.9 Å². The van der Waals surface area contributed by atoms with Gasteiger partial charge < -0.3 is 4.42 Å². The van der Waals surface area contributed by atoms with Crippen LogP contribution in [-0.2, 0) is 0 Å². The van der Waals surface area contributed by atoms with Crippen LogP contribution in [-0.4, -0.2) is 0 Å². The molecule has 0 unspecified atom stereocenters. The zero-order chi connectivity index (χ0) is 10.8. The van der Waals surface area contributed by atoms with E-state index >= 15 is 0 Å². The first-order chi connectivity index (χ1) is 7.19. The fourth-order valence-corrected chi connectivity index (χ4v) is 1.51. The van der Waals surface area contributed by atoms with Gasteiger partial charge in [-0.25, -0.2) is 0 Å². The van der Waals surface area contributed by atoms with E-state index in [-0.39, 0.29) is 0 Å². The van der Waals surface area contributed by atoms with Gasteiger partial charge in [0.15, 0.2) is 0 Å². The van der Waals surface area contributed by atoms with E-state index in [1.165, 1.54) is 5.56 Å². The Bertz CT molecular complexity index is 529. The number of hydrogen-bond donors (Lipinski definition) is 0. The maximum Gasteiger partial charge on any atom is 0.135 e. The van der Waals surface area contributed by atoms with Gasteiger partial charge in [0.05, 0.1) is 0 Å². The molecule has 0 aliphatic carbocycles. The predicted molar refractivity (Wildman–Crippen MR) is 64.8 cm³/mol. The van der Waals surface area contributed by atoms with E-state index in [0.717, 1.165) is 22.3 Å². The molecule has 0 spiro atoms. The first kappa shape index (κ1) is 9.78. The first-order valence-electron chi connectivity index (χ1n) is 5.00. The largest absolute Gasteiger partial charge is 0.457 e. The van der Waals surface area contributed by atoms with E-state index in [4.69, 9.17) is 4.42 Å². The van der Waals surface area contributed by atoms with Crippen molar-refractivity contribution in [2.24, 2.45) is 0 Å². The third kappa shape index (κ3) is 2.01. The number of allylic oxidation sites excluding steroid dienone is 2. The summed E-state index contributed by atoms with van der Waals surface area (Å²) in [6.07, 6.45) is 3.81. The molecule has 15 heavy (non-hydrogen) atoms. The number of benzene rings is 1. The SMILES string of the molecule is C=C/C(C)=C\c1cc2ccc(C)cc2o1. The van der Waals surface area contributed by atoms with Crippen LogP contribution in [0.4, 0.5) is 0 Å². The van der Waals surface area contributed by atoms with Crippen molar-refractivity contribution in [1.82, 2.24) is 0 Å². The predicted octanol–water partition coefficient (Wildman–Crippen LogP) is 4.33. The lowest BCUT2D eigenvalue weighted by Gasteiger charge is -1.90. The molecular formula is C14H14O. The molecule has 0 N–H and O–H groups in total. The van der Waals surface area contributed by atoms with E-state index < -0.39 is 0 Å². The van der Waals surface area contributed by atoms with Crippen LogP contribution in [0, 0.1) is 6.92 Å². The van der Waals surface area contributed by atoms with Gasteiger partial charge in [-0.15, -0.1) is 0 Å². The molecule has 1 heteroatoms. The minimum absolute atomic E-state index is 0.882. The van der Waals surface area contributed by atoms with Crippen molar-refractivity contribution in [3.63, 3.8) is 0 Å². The van der Waals surface area contributed by atoms with Gasteiger partial charge in [0.2, 0.25) is 0 Å². The monoisotopic (exact) mass is 198 g/mol. The maximum absolute atomic E-state index is 5.70. The molecule has 2 rings (SSSR count). The summed E-state index contributed by atoms with van der Waals surface area (Å²) in [4.78, 5) is 0. The van der Waals surface area contributed by atoms with Crippen LogP contribution < -0.4 is 0 Å². The molecule has 0 amide bonds. The Morgan fingerprint density at radius 1 is 1.33 bits per heavy atom. The standard InChI is InChI=1S/C14H14O/c1-4-10(2)7-13-9-12-6-5-11(3)8-14(12)15-13/h4-9H,1H2,2-3H3/b10-7-. The van der Waals surface area contributed by atoms with Gasteiger partial charge in [-0.1, -0.05) is 24.8 Å². The second-order valence-corrected chi connectivity index (χ2v) is 3.78. The Labute approximate surface area is 89.7 Å². The highest BCUT2D eigenvalue weighted by Crippen LogP contribution is 2.22. The lowest BCUT2D eigenvalue weighted by molar-refractivity contribution is 0.603. The van der Waals surface area contributed by atoms with Crippen LogP contribution >= 0.6 is 0 Å². The summed E-state index contributed by atoms with van der Waals surface area (Å²) in [5.41, 5.74) is 3.26. The highest BCUT2D eigenvalue weighted by atomic mass is 16.3. The average molecular weight is 198 g/mol. The lowest BCUT2D eigenvalue weighted by atomic mass is 10.2. The normalized spacial score (nSPS) is 12.0. The second-order valence-electron chi connectivity index (χ2n) is 3.78. The molecule has 0 bridgehead atoms. The van der Waals surface area contributed by atoms with Crippen LogP contribution in [0.1, 0.15) is 18.2 Å². The van der Waals surface area contributed by atoms with Gasteiger partial charge in [0.25, 0.3) is 0 Å². The molecule has 0 aliphatic rings. The quantitative estimate of drug-likeness (QED) is 0.654. The molecule has 0 fully saturated rings. The minimum Gasteiger partial charge on any atom is -0.457 e. The first-order valence-corrected chi connectivity index (χ1v) is 5.00. The molecular weight excluding hydrogens is 184 g/mol. The van der Waals surface area contributed by atoms with E-state index in [2.05, 4.69) is 31.7 Å². The molecule has 76 valence electrons. The lowest BCUT2D eigenvalue weighted by Crippen LogP contribution is -1.67. The third-order valence-corrected chi connectivity index (χ3v) is 2.39. The van der Waals surface area contributed by atoms with Gasteiger partial charge in [-0.2, -0.15) is 0 Å². The van der Waals surface area contributed by atoms with Gasteiger partial charge in [0, 0.05) is 5.39 Å². The average Bonchev–Trinajstić information content (AvgIpc) is 2.59. The maximum atomic E-state index is 5.70. The zero-order valence-corrected chi connectivity index (χ0v) is 9.08. The molecule has 1 aromatic heterocycles. The van der Waals surface area contributed by atoms with Crippen molar-refractivity contribution in [3.8, 4) is 0 Å². The highest BCUT2D eigenvalue weighted by Gasteiger charge is 2.01. The molecule has 1 aromatic carbocycles. The summed E-state index contributed by atoms with van der Waals surface area (Å²) in [6, 6.07) is 8.26. The Morgan fingerprint density at radius 2 is 2.13 bits per heavy atom. The van der Waals surface area contributed by atoms with Crippen LogP contribution in [0.25, 0.3) is 17.0 Å². The van der Waals surface area contributed by atoms with Crippen molar-refractivity contribution in [1.29, 1.82) is 0 Å². The number of rotatable bonds is 2. The number of aryl methyl sites for hydroxylation is 1. The topological polar surface area (TPSA) is 13.1 Å². The fourth-order valence-electron chi connectivity index (χ4n) is 1.51. The minimum atomic E-state index is 0.882. The zero-order valence-electron chi connectivity index (χ0n) is 9.08. The van der Waals surface area contributed by atoms with Crippen molar-refractivity contribution in [3.05, 3.63) is 53.8 Å². The molecule has 0 aliphatic heterocycles. The smallest absolute Gasteiger partial charge is 0.135 e. The summed E-state index contributed by atoms with van der Waals surface area (Å²) in [5, 5.41) is 1.14. The summed E-state index contributed by atoms with van der Waals surface area (Å²) in [5.74, 6) is 0.882. The Morgan fingerprint density at radius 3 is 2.87 bits per heavy atom. The van der Waals surface area contributed by atoms with Crippen molar-refractivity contribution in [2.75, 3.05) is 0 Å². The van der Waals surface area contributed by atoms with E-state index in [0.29, 0.717) is 0 Å². The molecule has 1 nitrogen and oxygen atoms in total. The molecule has 0 atom stereocenters. The number of fused-ring (bicyclic) bond motifs is 1. The van der Waals surface area contributed by atoms with Gasteiger partial charge in [-0.05, 0) is 43.2 Å². The van der Waals surface area contributed by atoms with Crippen molar-refractivity contribution in [2.45, 2.75) is 13.8 Å². The Balaban J connectivity index is 2.52. The summed E-state index contributed by atoms with van der Waals surface area (Å²) >= 11 is 0. The van der Waals surface area contributed by atoms with Gasteiger partial charge in [0.1, 0.15) is 11.3 Å². The van der Waals surface area contributed by atoms with Crippen LogP contribution in [0.3, 0.4) is 0 Å². The van der Waals surface area contributed by atoms with Gasteiger partial charge >= 0.3 is 0 Å². The second kappa shape index (κ2) is 3.77. The fraction of sp³-hybridized carbons (Fsp3) is 0.143. The van der Waals surface area contributed by atoms with Crippen molar-refractivity contribution >= 4 is 17.0 Å². The van der Waals surface area contributed by atoms with E-state index in [1.54, 1.807) is 0 Å². The Hall–Kier alpha value is -1.76. The number of furan rings is 1. The molecule has 0 saturated heterocycles.